The quantitative estimate of drug-likeness (QED) is 0.679. The van der Waals surface area contributed by atoms with E-state index in [2.05, 4.69) is 26.6 Å². The Morgan fingerprint density at radius 2 is 2.25 bits per heavy atom. The number of benzene rings is 1. The van der Waals surface area contributed by atoms with Crippen LogP contribution in [-0.2, 0) is 4.79 Å². The van der Waals surface area contributed by atoms with Gasteiger partial charge in [0.2, 0.25) is 5.91 Å². The van der Waals surface area contributed by atoms with E-state index in [4.69, 9.17) is 0 Å². The number of nitrogens with one attached hydrogen (secondary N) is 3. The van der Waals surface area contributed by atoms with Gasteiger partial charge in [-0.1, -0.05) is 13.0 Å². The molecular formula is C15H16N4O. The fourth-order valence-electron chi connectivity index (χ4n) is 2.21. The number of carbonyl (C=O) groups is 1. The van der Waals surface area contributed by atoms with E-state index in [1.54, 1.807) is 6.20 Å². The number of H-pyrrole nitrogens is 2. The molecule has 5 nitrogen and oxygen atoms in total. The number of rotatable bonds is 4. The van der Waals surface area contributed by atoms with Gasteiger partial charge in [0.25, 0.3) is 0 Å². The van der Waals surface area contributed by atoms with E-state index in [1.165, 1.54) is 0 Å². The molecule has 0 aliphatic heterocycles. The van der Waals surface area contributed by atoms with Crippen LogP contribution in [0, 0.1) is 0 Å². The molecular weight excluding hydrogens is 252 g/mol. The average molecular weight is 268 g/mol. The number of aromatic amines is 2. The molecule has 0 spiro atoms. The molecule has 3 aromatic rings. The minimum Gasteiger partial charge on any atom is -0.354 e. The lowest BCUT2D eigenvalue weighted by Crippen LogP contribution is -2.10. The molecule has 3 N–H and O–H groups in total. The number of hydrogen-bond donors (Lipinski definition) is 3. The van der Waals surface area contributed by atoms with Gasteiger partial charge in [0, 0.05) is 40.5 Å². The van der Waals surface area contributed by atoms with Crippen molar-refractivity contribution < 1.29 is 4.79 Å². The van der Waals surface area contributed by atoms with Crippen LogP contribution in [0.5, 0.6) is 0 Å². The Balaban J connectivity index is 1.89. The minimum atomic E-state index is 0.0495. The zero-order valence-electron chi connectivity index (χ0n) is 11.2. The molecule has 0 unspecified atom stereocenters. The van der Waals surface area contributed by atoms with Crippen molar-refractivity contribution in [3.63, 3.8) is 0 Å². The lowest BCUT2D eigenvalue weighted by Gasteiger charge is -2.03. The standard InChI is InChI=1S/C15H16N4O/c1-2-3-15(20)18-12-5-4-10-6-13(19-14(10)7-12)11-8-16-17-9-11/h4-9,19H,2-3H2,1H3,(H,16,17)(H,18,20). The molecule has 2 aromatic heterocycles. The number of fused-ring (bicyclic) bond motifs is 1. The van der Waals surface area contributed by atoms with Crippen molar-refractivity contribution in [2.45, 2.75) is 19.8 Å². The summed E-state index contributed by atoms with van der Waals surface area (Å²) >= 11 is 0. The maximum absolute atomic E-state index is 11.6. The summed E-state index contributed by atoms with van der Waals surface area (Å²) in [7, 11) is 0. The number of hydrogen-bond acceptors (Lipinski definition) is 2. The highest BCUT2D eigenvalue weighted by molar-refractivity contribution is 5.94. The van der Waals surface area contributed by atoms with Gasteiger partial charge in [-0.25, -0.2) is 0 Å². The Hall–Kier alpha value is -2.56. The molecule has 0 radical (unpaired) electrons. The van der Waals surface area contributed by atoms with E-state index in [0.29, 0.717) is 6.42 Å². The van der Waals surface area contributed by atoms with Crippen LogP contribution in [0.15, 0.2) is 36.7 Å². The summed E-state index contributed by atoms with van der Waals surface area (Å²) in [5.41, 5.74) is 3.83. The first-order valence-electron chi connectivity index (χ1n) is 6.68. The summed E-state index contributed by atoms with van der Waals surface area (Å²) in [6.07, 6.45) is 5.01. The van der Waals surface area contributed by atoms with E-state index in [1.807, 2.05) is 31.3 Å². The van der Waals surface area contributed by atoms with Crippen molar-refractivity contribution in [3.8, 4) is 11.3 Å². The third-order valence-corrected chi connectivity index (χ3v) is 3.19. The fraction of sp³-hybridized carbons (Fsp3) is 0.200. The Labute approximate surface area is 116 Å². The van der Waals surface area contributed by atoms with Gasteiger partial charge in [-0.3, -0.25) is 9.89 Å². The summed E-state index contributed by atoms with van der Waals surface area (Å²) in [4.78, 5) is 14.9. The highest BCUT2D eigenvalue weighted by Gasteiger charge is 2.06. The molecule has 0 saturated heterocycles. The van der Waals surface area contributed by atoms with Crippen LogP contribution in [0.1, 0.15) is 19.8 Å². The van der Waals surface area contributed by atoms with Crippen LogP contribution in [0.2, 0.25) is 0 Å². The van der Waals surface area contributed by atoms with Gasteiger partial charge in [-0.05, 0) is 24.6 Å². The monoisotopic (exact) mass is 268 g/mol. The normalized spacial score (nSPS) is 10.8. The summed E-state index contributed by atoms with van der Waals surface area (Å²) in [6, 6.07) is 7.93. The van der Waals surface area contributed by atoms with E-state index < -0.39 is 0 Å². The molecule has 102 valence electrons. The smallest absolute Gasteiger partial charge is 0.224 e. The Morgan fingerprint density at radius 1 is 1.35 bits per heavy atom. The molecule has 0 atom stereocenters. The second-order valence-electron chi connectivity index (χ2n) is 4.77. The predicted octanol–water partition coefficient (Wildman–Crippen LogP) is 3.30. The highest BCUT2D eigenvalue weighted by atomic mass is 16.1. The summed E-state index contributed by atoms with van der Waals surface area (Å²) in [5, 5.41) is 10.7. The lowest BCUT2D eigenvalue weighted by molar-refractivity contribution is -0.116. The second kappa shape index (κ2) is 5.21. The largest absolute Gasteiger partial charge is 0.354 e. The molecule has 0 bridgehead atoms. The molecule has 0 saturated carbocycles. The topological polar surface area (TPSA) is 73.6 Å². The minimum absolute atomic E-state index is 0.0495. The molecule has 1 aromatic carbocycles. The summed E-state index contributed by atoms with van der Waals surface area (Å²) in [5.74, 6) is 0.0495. The number of nitrogens with zero attached hydrogens (tertiary/aromatic N) is 1. The van der Waals surface area contributed by atoms with Crippen LogP contribution in [-0.4, -0.2) is 21.1 Å². The number of carbonyl (C=O) groups excluding carboxylic acids is 1. The van der Waals surface area contributed by atoms with Gasteiger partial charge in [0.1, 0.15) is 0 Å². The van der Waals surface area contributed by atoms with E-state index >= 15 is 0 Å². The highest BCUT2D eigenvalue weighted by Crippen LogP contribution is 2.25. The summed E-state index contributed by atoms with van der Waals surface area (Å²) < 4.78 is 0. The SMILES string of the molecule is CCCC(=O)Nc1ccc2cc(-c3cn[nH]c3)[nH]c2c1. The third kappa shape index (κ3) is 2.42. The van der Waals surface area contributed by atoms with Gasteiger partial charge in [-0.15, -0.1) is 0 Å². The Kier molecular flexibility index (Phi) is 3.25. The van der Waals surface area contributed by atoms with Crippen molar-refractivity contribution in [2.75, 3.05) is 5.32 Å². The van der Waals surface area contributed by atoms with Crippen LogP contribution < -0.4 is 5.32 Å². The molecule has 0 fully saturated rings. The maximum Gasteiger partial charge on any atom is 0.224 e. The van der Waals surface area contributed by atoms with Crippen LogP contribution in [0.25, 0.3) is 22.2 Å². The van der Waals surface area contributed by atoms with Crippen molar-refractivity contribution in [2.24, 2.45) is 0 Å². The average Bonchev–Trinajstić information content (AvgIpc) is 3.07. The molecule has 3 rings (SSSR count). The first-order valence-corrected chi connectivity index (χ1v) is 6.68. The van der Waals surface area contributed by atoms with Crippen LogP contribution in [0.4, 0.5) is 5.69 Å². The molecule has 0 aliphatic rings. The van der Waals surface area contributed by atoms with Gasteiger partial charge >= 0.3 is 0 Å². The van der Waals surface area contributed by atoms with E-state index in [-0.39, 0.29) is 5.91 Å². The predicted molar refractivity (Wildman–Crippen MR) is 79.4 cm³/mol. The Bertz CT molecular complexity index is 728. The molecule has 5 heteroatoms. The van der Waals surface area contributed by atoms with Crippen molar-refractivity contribution >= 4 is 22.5 Å². The number of aromatic nitrogens is 3. The van der Waals surface area contributed by atoms with Crippen molar-refractivity contribution in [1.82, 2.24) is 15.2 Å². The third-order valence-electron chi connectivity index (χ3n) is 3.19. The first-order chi connectivity index (χ1) is 9.76. The zero-order valence-corrected chi connectivity index (χ0v) is 11.2. The summed E-state index contributed by atoms with van der Waals surface area (Å²) in [6.45, 7) is 1.99. The van der Waals surface area contributed by atoms with Gasteiger partial charge in [-0.2, -0.15) is 5.10 Å². The second-order valence-corrected chi connectivity index (χ2v) is 4.77. The van der Waals surface area contributed by atoms with Crippen molar-refractivity contribution in [1.29, 1.82) is 0 Å². The van der Waals surface area contributed by atoms with Crippen LogP contribution >= 0.6 is 0 Å². The van der Waals surface area contributed by atoms with E-state index in [0.717, 1.165) is 34.3 Å². The molecule has 0 aliphatic carbocycles. The van der Waals surface area contributed by atoms with Gasteiger partial charge < -0.3 is 10.3 Å². The molecule has 20 heavy (non-hydrogen) atoms. The van der Waals surface area contributed by atoms with Gasteiger partial charge in [0.15, 0.2) is 0 Å². The first kappa shape index (κ1) is 12.5. The molecule has 1 amide bonds. The number of amides is 1. The van der Waals surface area contributed by atoms with Crippen LogP contribution in [0.3, 0.4) is 0 Å². The van der Waals surface area contributed by atoms with Crippen molar-refractivity contribution in [3.05, 3.63) is 36.7 Å². The molecule has 2 heterocycles. The maximum atomic E-state index is 11.6. The number of anilines is 1. The zero-order chi connectivity index (χ0) is 13.9. The fourth-order valence-corrected chi connectivity index (χ4v) is 2.21. The lowest BCUT2D eigenvalue weighted by atomic mass is 10.2. The van der Waals surface area contributed by atoms with E-state index in [9.17, 15) is 4.79 Å². The van der Waals surface area contributed by atoms with Gasteiger partial charge in [0.05, 0.1) is 6.20 Å². The Morgan fingerprint density at radius 3 is 3.00 bits per heavy atom.